The molecule has 2 saturated heterocycles. The van der Waals surface area contributed by atoms with Crippen LogP contribution in [0.4, 0.5) is 11.6 Å². The van der Waals surface area contributed by atoms with Crippen molar-refractivity contribution in [3.63, 3.8) is 0 Å². The van der Waals surface area contributed by atoms with Gasteiger partial charge in [-0.2, -0.15) is 0 Å². The molecule has 1 unspecified atom stereocenters. The molecule has 4 heterocycles. The predicted molar refractivity (Wildman–Crippen MR) is 129 cm³/mol. The first-order chi connectivity index (χ1) is 15.7. The zero-order valence-corrected chi connectivity index (χ0v) is 18.1. The summed E-state index contributed by atoms with van der Waals surface area (Å²) >= 11 is 0. The summed E-state index contributed by atoms with van der Waals surface area (Å²) in [6.07, 6.45) is 3.02. The van der Waals surface area contributed by atoms with E-state index >= 15 is 0 Å². The van der Waals surface area contributed by atoms with Crippen molar-refractivity contribution in [3.8, 4) is 11.4 Å². The zero-order chi connectivity index (χ0) is 21.5. The standard InChI is InChI=1S/C26H26N6/c1-17(18-7-3-2-4-8-18)29-24-13-19(11-12-27-24)25-30-23-10-6-5-9-22(23)26(31-25)32-16-20-14-21(32)15-28-20/h2-13,17,20-21,28H,14-16H2,1H3,(H,27,29)/t17?,20-,21-/m0/s1. The summed E-state index contributed by atoms with van der Waals surface area (Å²) in [5.41, 5.74) is 3.17. The number of anilines is 2. The Morgan fingerprint density at radius 3 is 2.69 bits per heavy atom. The molecule has 6 nitrogen and oxygen atoms in total. The van der Waals surface area contributed by atoms with E-state index in [9.17, 15) is 0 Å². The van der Waals surface area contributed by atoms with Gasteiger partial charge in [-0.25, -0.2) is 15.0 Å². The third kappa shape index (κ3) is 3.46. The van der Waals surface area contributed by atoms with Crippen LogP contribution in [-0.4, -0.2) is 40.1 Å². The Morgan fingerprint density at radius 2 is 1.88 bits per heavy atom. The van der Waals surface area contributed by atoms with E-state index in [4.69, 9.17) is 9.97 Å². The first kappa shape index (κ1) is 19.2. The highest BCUT2D eigenvalue weighted by molar-refractivity contribution is 5.91. The summed E-state index contributed by atoms with van der Waals surface area (Å²) in [4.78, 5) is 17.0. The summed E-state index contributed by atoms with van der Waals surface area (Å²) in [6.45, 7) is 4.17. The van der Waals surface area contributed by atoms with Crippen LogP contribution in [0.15, 0.2) is 72.9 Å². The second kappa shape index (κ2) is 7.88. The lowest BCUT2D eigenvalue weighted by atomic mass is 10.1. The number of nitrogens with zero attached hydrogens (tertiary/aromatic N) is 4. The summed E-state index contributed by atoms with van der Waals surface area (Å²) in [5.74, 6) is 2.61. The average molecular weight is 423 g/mol. The molecule has 0 saturated carbocycles. The van der Waals surface area contributed by atoms with Crippen LogP contribution in [0.25, 0.3) is 22.3 Å². The van der Waals surface area contributed by atoms with Crippen molar-refractivity contribution >= 4 is 22.5 Å². The number of piperazine rings is 1. The van der Waals surface area contributed by atoms with E-state index in [1.54, 1.807) is 0 Å². The first-order valence-electron chi connectivity index (χ1n) is 11.3. The third-order valence-electron chi connectivity index (χ3n) is 6.59. The van der Waals surface area contributed by atoms with Gasteiger partial charge in [-0.3, -0.25) is 0 Å². The molecule has 160 valence electrons. The maximum atomic E-state index is 5.08. The van der Waals surface area contributed by atoms with Gasteiger partial charge < -0.3 is 15.5 Å². The lowest BCUT2D eigenvalue weighted by Gasteiger charge is -2.29. The highest BCUT2D eigenvalue weighted by Gasteiger charge is 2.39. The Balaban J connectivity index is 1.36. The van der Waals surface area contributed by atoms with Gasteiger partial charge in [0.25, 0.3) is 0 Å². The van der Waals surface area contributed by atoms with Crippen LogP contribution in [0.5, 0.6) is 0 Å². The van der Waals surface area contributed by atoms with Gasteiger partial charge in [0.15, 0.2) is 5.82 Å². The van der Waals surface area contributed by atoms with E-state index in [0.717, 1.165) is 47.0 Å². The molecular weight excluding hydrogens is 396 g/mol. The lowest BCUT2D eigenvalue weighted by molar-refractivity contribution is 0.577. The summed E-state index contributed by atoms with van der Waals surface area (Å²) in [6, 6.07) is 24.0. The number of para-hydroxylation sites is 1. The fraction of sp³-hybridized carbons (Fsp3) is 0.269. The van der Waals surface area contributed by atoms with Crippen molar-refractivity contribution in [2.45, 2.75) is 31.5 Å². The van der Waals surface area contributed by atoms with Gasteiger partial charge in [-0.05, 0) is 43.2 Å². The van der Waals surface area contributed by atoms with E-state index in [1.807, 2.05) is 30.5 Å². The van der Waals surface area contributed by atoms with Gasteiger partial charge >= 0.3 is 0 Å². The maximum absolute atomic E-state index is 5.08. The minimum Gasteiger partial charge on any atom is -0.364 e. The molecule has 2 aliphatic heterocycles. The smallest absolute Gasteiger partial charge is 0.162 e. The van der Waals surface area contributed by atoms with E-state index < -0.39 is 0 Å². The van der Waals surface area contributed by atoms with Crippen molar-refractivity contribution in [3.05, 3.63) is 78.5 Å². The van der Waals surface area contributed by atoms with Crippen LogP contribution >= 0.6 is 0 Å². The molecule has 6 heteroatoms. The van der Waals surface area contributed by atoms with Crippen LogP contribution in [0.3, 0.4) is 0 Å². The van der Waals surface area contributed by atoms with Gasteiger partial charge in [0.05, 0.1) is 5.52 Å². The Bertz CT molecular complexity index is 1260. The molecule has 4 aromatic rings. The van der Waals surface area contributed by atoms with Crippen LogP contribution in [0, 0.1) is 0 Å². The number of benzene rings is 2. The highest BCUT2D eigenvalue weighted by atomic mass is 15.3. The summed E-state index contributed by atoms with van der Waals surface area (Å²) < 4.78 is 0. The predicted octanol–water partition coefficient (Wildman–Crippen LogP) is 4.42. The van der Waals surface area contributed by atoms with Crippen molar-refractivity contribution in [2.24, 2.45) is 0 Å². The number of nitrogens with one attached hydrogen (secondary N) is 2. The molecule has 2 bridgehead atoms. The van der Waals surface area contributed by atoms with Gasteiger partial charge in [-0.1, -0.05) is 42.5 Å². The van der Waals surface area contributed by atoms with Crippen LogP contribution in [0.2, 0.25) is 0 Å². The minimum atomic E-state index is 0.152. The van der Waals surface area contributed by atoms with Gasteiger partial charge in [-0.15, -0.1) is 0 Å². The molecule has 6 rings (SSSR count). The topological polar surface area (TPSA) is 66.0 Å². The van der Waals surface area contributed by atoms with E-state index in [1.165, 1.54) is 12.0 Å². The Morgan fingerprint density at radius 1 is 1.03 bits per heavy atom. The SMILES string of the molecule is CC(Nc1cc(-c2nc(N3C[C@@H]4C[C@H]3CN4)c3ccccc3n2)ccn1)c1ccccc1. The fourth-order valence-corrected chi connectivity index (χ4v) is 4.92. The maximum Gasteiger partial charge on any atom is 0.162 e. The van der Waals surface area contributed by atoms with Crippen molar-refractivity contribution in [2.75, 3.05) is 23.3 Å². The minimum absolute atomic E-state index is 0.152. The summed E-state index contributed by atoms with van der Waals surface area (Å²) in [5, 5.41) is 8.22. The summed E-state index contributed by atoms with van der Waals surface area (Å²) in [7, 11) is 0. The molecule has 2 aliphatic rings. The first-order valence-corrected chi connectivity index (χ1v) is 11.3. The zero-order valence-electron chi connectivity index (χ0n) is 18.1. The molecule has 0 radical (unpaired) electrons. The molecule has 2 aromatic heterocycles. The van der Waals surface area contributed by atoms with Gasteiger partial charge in [0, 0.05) is 48.4 Å². The van der Waals surface area contributed by atoms with E-state index in [0.29, 0.717) is 12.1 Å². The monoisotopic (exact) mass is 422 g/mol. The number of aromatic nitrogens is 3. The molecule has 32 heavy (non-hydrogen) atoms. The molecule has 0 aliphatic carbocycles. The number of fused-ring (bicyclic) bond motifs is 3. The number of hydrogen-bond donors (Lipinski definition) is 2. The lowest BCUT2D eigenvalue weighted by Crippen LogP contribution is -2.44. The van der Waals surface area contributed by atoms with Crippen LogP contribution < -0.4 is 15.5 Å². The molecule has 3 atom stereocenters. The molecule has 0 amide bonds. The quantitative estimate of drug-likeness (QED) is 0.497. The van der Waals surface area contributed by atoms with E-state index in [2.05, 4.69) is 69.9 Å². The highest BCUT2D eigenvalue weighted by Crippen LogP contribution is 2.34. The Kier molecular flexibility index (Phi) is 4.72. The van der Waals surface area contributed by atoms with Crippen LogP contribution in [0.1, 0.15) is 24.9 Å². The van der Waals surface area contributed by atoms with Gasteiger partial charge in [0.1, 0.15) is 11.6 Å². The average Bonchev–Trinajstić information content (AvgIpc) is 3.48. The number of pyridine rings is 1. The fourth-order valence-electron chi connectivity index (χ4n) is 4.92. The Labute approximate surface area is 187 Å². The van der Waals surface area contributed by atoms with E-state index in [-0.39, 0.29) is 6.04 Å². The second-order valence-corrected chi connectivity index (χ2v) is 8.74. The number of rotatable bonds is 5. The van der Waals surface area contributed by atoms with Crippen LogP contribution in [-0.2, 0) is 0 Å². The molecule has 2 fully saturated rings. The molecular formula is C26H26N6. The largest absolute Gasteiger partial charge is 0.364 e. The van der Waals surface area contributed by atoms with Crippen molar-refractivity contribution in [1.82, 2.24) is 20.3 Å². The number of hydrogen-bond acceptors (Lipinski definition) is 6. The van der Waals surface area contributed by atoms with Crippen molar-refractivity contribution < 1.29 is 0 Å². The normalized spacial score (nSPS) is 20.6. The third-order valence-corrected chi connectivity index (χ3v) is 6.59. The van der Waals surface area contributed by atoms with Gasteiger partial charge in [0.2, 0.25) is 0 Å². The second-order valence-electron chi connectivity index (χ2n) is 8.74. The molecule has 2 N–H and O–H groups in total. The Hall–Kier alpha value is -3.51. The van der Waals surface area contributed by atoms with Crippen molar-refractivity contribution in [1.29, 1.82) is 0 Å². The molecule has 2 aromatic carbocycles. The molecule has 0 spiro atoms.